The van der Waals surface area contributed by atoms with E-state index in [4.69, 9.17) is 5.11 Å². The van der Waals surface area contributed by atoms with Gasteiger partial charge in [-0.1, -0.05) is 0 Å². The summed E-state index contributed by atoms with van der Waals surface area (Å²) in [6.45, 7) is 1.75. The molecular formula is C13H11N3O3. The number of anilines is 1. The average molecular weight is 257 g/mol. The molecule has 2 rings (SSSR count). The lowest BCUT2D eigenvalue weighted by molar-refractivity contribution is 0.0692. The lowest BCUT2D eigenvalue weighted by atomic mass is 10.1. The molecule has 0 unspecified atom stereocenters. The summed E-state index contributed by atoms with van der Waals surface area (Å²) < 4.78 is 0. The number of carbonyl (C=O) groups is 2. The van der Waals surface area contributed by atoms with Crippen LogP contribution in [-0.2, 0) is 0 Å². The summed E-state index contributed by atoms with van der Waals surface area (Å²) in [5.41, 5.74) is 1.12. The van der Waals surface area contributed by atoms with Gasteiger partial charge in [0.15, 0.2) is 0 Å². The standard InChI is InChI=1S/C13H11N3O3/c1-8-11(3-2-5-15-8)16-12(17)9-4-6-14-7-10(9)13(18)19/h2-7H,1H3,(H,16,17)(H,18,19). The van der Waals surface area contributed by atoms with Crippen molar-refractivity contribution in [2.45, 2.75) is 6.92 Å². The number of hydrogen-bond donors (Lipinski definition) is 2. The van der Waals surface area contributed by atoms with E-state index in [0.29, 0.717) is 11.4 Å². The van der Waals surface area contributed by atoms with Gasteiger partial charge < -0.3 is 10.4 Å². The number of aryl methyl sites for hydroxylation is 1. The molecule has 2 N–H and O–H groups in total. The fourth-order valence-electron chi connectivity index (χ4n) is 1.57. The quantitative estimate of drug-likeness (QED) is 0.873. The van der Waals surface area contributed by atoms with Crippen molar-refractivity contribution in [2.24, 2.45) is 0 Å². The highest BCUT2D eigenvalue weighted by Gasteiger charge is 2.16. The number of hydrogen-bond acceptors (Lipinski definition) is 4. The van der Waals surface area contributed by atoms with Crippen LogP contribution in [0.25, 0.3) is 0 Å². The van der Waals surface area contributed by atoms with Gasteiger partial charge in [0, 0.05) is 18.6 Å². The van der Waals surface area contributed by atoms with Crippen LogP contribution in [0.15, 0.2) is 36.8 Å². The second kappa shape index (κ2) is 5.26. The van der Waals surface area contributed by atoms with Crippen molar-refractivity contribution in [3.8, 4) is 0 Å². The van der Waals surface area contributed by atoms with Crippen LogP contribution in [0.1, 0.15) is 26.4 Å². The fraction of sp³-hybridized carbons (Fsp3) is 0.0769. The molecule has 0 aliphatic carbocycles. The highest BCUT2D eigenvalue weighted by Crippen LogP contribution is 2.14. The van der Waals surface area contributed by atoms with E-state index in [1.807, 2.05) is 0 Å². The van der Waals surface area contributed by atoms with Gasteiger partial charge in [-0.05, 0) is 25.1 Å². The Bertz CT molecular complexity index is 641. The molecule has 2 heterocycles. The van der Waals surface area contributed by atoms with Crippen molar-refractivity contribution >= 4 is 17.6 Å². The van der Waals surface area contributed by atoms with Crippen LogP contribution in [0.3, 0.4) is 0 Å². The summed E-state index contributed by atoms with van der Waals surface area (Å²) in [6.07, 6.45) is 4.13. The molecule has 6 heteroatoms. The van der Waals surface area contributed by atoms with Crippen molar-refractivity contribution in [3.63, 3.8) is 0 Å². The zero-order valence-corrected chi connectivity index (χ0v) is 10.1. The van der Waals surface area contributed by atoms with Gasteiger partial charge in [0.25, 0.3) is 5.91 Å². The van der Waals surface area contributed by atoms with Gasteiger partial charge in [-0.25, -0.2) is 4.79 Å². The molecule has 0 spiro atoms. The van der Waals surface area contributed by atoms with E-state index >= 15 is 0 Å². The Kier molecular flexibility index (Phi) is 3.51. The summed E-state index contributed by atoms with van der Waals surface area (Å²) >= 11 is 0. The zero-order valence-electron chi connectivity index (χ0n) is 10.1. The van der Waals surface area contributed by atoms with E-state index in [1.54, 1.807) is 25.3 Å². The number of nitrogens with zero attached hydrogens (tertiary/aromatic N) is 2. The number of carboxylic acids is 1. The normalized spacial score (nSPS) is 9.95. The number of amides is 1. The summed E-state index contributed by atoms with van der Waals surface area (Å²) in [5.74, 6) is -1.70. The first-order chi connectivity index (χ1) is 9.09. The van der Waals surface area contributed by atoms with E-state index in [-0.39, 0.29) is 11.1 Å². The Balaban J connectivity index is 2.31. The van der Waals surface area contributed by atoms with Crippen LogP contribution < -0.4 is 5.32 Å². The largest absolute Gasteiger partial charge is 0.478 e. The van der Waals surface area contributed by atoms with Crippen LogP contribution in [0.2, 0.25) is 0 Å². The third-order valence-electron chi connectivity index (χ3n) is 2.55. The number of aromatic carboxylic acids is 1. The SMILES string of the molecule is Cc1ncccc1NC(=O)c1ccncc1C(=O)O. The molecule has 19 heavy (non-hydrogen) atoms. The van der Waals surface area contributed by atoms with Crippen molar-refractivity contribution in [2.75, 3.05) is 5.32 Å². The molecular weight excluding hydrogens is 246 g/mol. The lowest BCUT2D eigenvalue weighted by Crippen LogP contribution is -2.17. The Hall–Kier alpha value is -2.76. The molecule has 0 aliphatic heterocycles. The van der Waals surface area contributed by atoms with Crippen LogP contribution in [-0.4, -0.2) is 27.0 Å². The van der Waals surface area contributed by atoms with Crippen LogP contribution in [0.4, 0.5) is 5.69 Å². The minimum Gasteiger partial charge on any atom is -0.478 e. The fourth-order valence-corrected chi connectivity index (χ4v) is 1.57. The van der Waals surface area contributed by atoms with Gasteiger partial charge in [-0.3, -0.25) is 14.8 Å². The third-order valence-corrected chi connectivity index (χ3v) is 2.55. The van der Waals surface area contributed by atoms with E-state index in [9.17, 15) is 9.59 Å². The third kappa shape index (κ3) is 2.74. The summed E-state index contributed by atoms with van der Waals surface area (Å²) in [4.78, 5) is 30.8. The van der Waals surface area contributed by atoms with Crippen LogP contribution in [0.5, 0.6) is 0 Å². The van der Waals surface area contributed by atoms with Gasteiger partial charge in [-0.2, -0.15) is 0 Å². The van der Waals surface area contributed by atoms with Crippen molar-refractivity contribution < 1.29 is 14.7 Å². The first-order valence-corrected chi connectivity index (χ1v) is 5.50. The lowest BCUT2D eigenvalue weighted by Gasteiger charge is -2.08. The number of carboxylic acid groups (broad SMARTS) is 1. The topological polar surface area (TPSA) is 92.2 Å². The molecule has 0 saturated heterocycles. The van der Waals surface area contributed by atoms with Crippen molar-refractivity contribution in [3.05, 3.63) is 53.6 Å². The highest BCUT2D eigenvalue weighted by atomic mass is 16.4. The molecule has 0 aliphatic rings. The van der Waals surface area contributed by atoms with Gasteiger partial charge in [0.2, 0.25) is 0 Å². The predicted molar refractivity (Wildman–Crippen MR) is 68.1 cm³/mol. The first kappa shape index (κ1) is 12.7. The van der Waals surface area contributed by atoms with Gasteiger partial charge in [-0.15, -0.1) is 0 Å². The van der Waals surface area contributed by atoms with E-state index in [0.717, 1.165) is 6.20 Å². The Morgan fingerprint density at radius 2 is 2.00 bits per heavy atom. The molecule has 1 amide bonds. The summed E-state index contributed by atoms with van der Waals surface area (Å²) in [7, 11) is 0. The number of rotatable bonds is 3. The molecule has 0 bridgehead atoms. The minimum atomic E-state index is -1.19. The monoisotopic (exact) mass is 257 g/mol. The smallest absolute Gasteiger partial charge is 0.338 e. The second-order valence-corrected chi connectivity index (χ2v) is 3.82. The second-order valence-electron chi connectivity index (χ2n) is 3.82. The number of nitrogens with one attached hydrogen (secondary N) is 1. The summed E-state index contributed by atoms with van der Waals surface area (Å²) in [6, 6.07) is 4.75. The maximum absolute atomic E-state index is 12.1. The first-order valence-electron chi connectivity index (χ1n) is 5.50. The number of aromatic nitrogens is 2. The average Bonchev–Trinajstić information content (AvgIpc) is 2.41. The van der Waals surface area contributed by atoms with Gasteiger partial charge >= 0.3 is 5.97 Å². The highest BCUT2D eigenvalue weighted by molar-refractivity contribution is 6.10. The maximum Gasteiger partial charge on any atom is 0.338 e. The number of carbonyl (C=O) groups excluding carboxylic acids is 1. The van der Waals surface area contributed by atoms with E-state index in [2.05, 4.69) is 15.3 Å². The molecule has 2 aromatic rings. The maximum atomic E-state index is 12.1. The molecule has 6 nitrogen and oxygen atoms in total. The van der Waals surface area contributed by atoms with Crippen LogP contribution >= 0.6 is 0 Å². The van der Waals surface area contributed by atoms with E-state index < -0.39 is 11.9 Å². The van der Waals surface area contributed by atoms with Gasteiger partial charge in [0.05, 0.1) is 22.5 Å². The summed E-state index contributed by atoms with van der Waals surface area (Å²) in [5, 5.41) is 11.6. The molecule has 2 aromatic heterocycles. The molecule has 0 fully saturated rings. The molecule has 0 saturated carbocycles. The zero-order chi connectivity index (χ0) is 13.8. The van der Waals surface area contributed by atoms with Crippen molar-refractivity contribution in [1.82, 2.24) is 9.97 Å². The molecule has 0 atom stereocenters. The Labute approximate surface area is 109 Å². The number of pyridine rings is 2. The Morgan fingerprint density at radius 1 is 1.21 bits per heavy atom. The minimum absolute atomic E-state index is 0.0609. The molecule has 0 radical (unpaired) electrons. The van der Waals surface area contributed by atoms with E-state index in [1.165, 1.54) is 12.3 Å². The predicted octanol–water partition coefficient (Wildman–Crippen LogP) is 1.74. The van der Waals surface area contributed by atoms with Crippen molar-refractivity contribution in [1.29, 1.82) is 0 Å². The molecule has 0 aromatic carbocycles. The van der Waals surface area contributed by atoms with Gasteiger partial charge in [0.1, 0.15) is 0 Å². The Morgan fingerprint density at radius 3 is 2.68 bits per heavy atom. The van der Waals surface area contributed by atoms with Crippen LogP contribution in [0, 0.1) is 6.92 Å². The molecule has 96 valence electrons.